The number of nitrogens with two attached hydrogens (primary N) is 1. The summed E-state index contributed by atoms with van der Waals surface area (Å²) < 4.78 is 4.84. The summed E-state index contributed by atoms with van der Waals surface area (Å²) in [6, 6.07) is 0. The molecule has 1 heterocycles. The van der Waals surface area contributed by atoms with Crippen LogP contribution in [-0.4, -0.2) is 40.7 Å². The smallest absolute Gasteiger partial charge is 0.343 e. The minimum absolute atomic E-state index is 0.0523. The monoisotopic (exact) mass is 310 g/mol. The summed E-state index contributed by atoms with van der Waals surface area (Å²) in [6.07, 6.45) is 3.72. The van der Waals surface area contributed by atoms with Crippen molar-refractivity contribution in [3.8, 4) is 0 Å². The van der Waals surface area contributed by atoms with E-state index in [0.29, 0.717) is 11.1 Å². The van der Waals surface area contributed by atoms with Crippen LogP contribution in [0.2, 0.25) is 0 Å². The number of anilines is 1. The second kappa shape index (κ2) is 7.26. The maximum atomic E-state index is 11.6. The van der Waals surface area contributed by atoms with Crippen molar-refractivity contribution in [3.63, 3.8) is 0 Å². The molecule has 0 spiro atoms. The van der Waals surface area contributed by atoms with E-state index in [1.165, 1.54) is 30.8 Å². The predicted molar refractivity (Wildman–Crippen MR) is 78.9 cm³/mol. The van der Waals surface area contributed by atoms with Gasteiger partial charge in [0.1, 0.15) is 11.4 Å². The molecular weight excluding hydrogens is 292 g/mol. The lowest BCUT2D eigenvalue weighted by molar-refractivity contribution is -0.118. The minimum atomic E-state index is -0.547. The molecule has 0 bridgehead atoms. The Kier molecular flexibility index (Phi) is 5.38. The summed E-state index contributed by atoms with van der Waals surface area (Å²) in [6.45, 7) is 2.71. The number of hydrogen-bond donors (Lipinski definition) is 2. The van der Waals surface area contributed by atoms with Gasteiger partial charge in [0.05, 0.1) is 12.4 Å². The van der Waals surface area contributed by atoms with Crippen molar-refractivity contribution in [1.29, 1.82) is 0 Å². The first kappa shape index (κ1) is 15.6. The van der Waals surface area contributed by atoms with Crippen LogP contribution in [0.25, 0.3) is 0 Å². The molecule has 3 N–H and O–H groups in total. The predicted octanol–water partition coefficient (Wildman–Crippen LogP) is 0.854. The number of thioether (sulfide) groups is 1. The standard InChI is InChI=1S/C13H18N4O3S/c1-2-20-12(19)9-6-16-13(17-11(9)14)21-7-10(18)15-5-8-3-4-8/h6,8H,2-5,7H2,1H3,(H,15,18)(H2,14,16,17). The third-order valence-corrected chi connectivity index (χ3v) is 3.77. The van der Waals surface area contributed by atoms with Gasteiger partial charge in [-0.05, 0) is 25.7 Å². The number of nitrogens with one attached hydrogen (secondary N) is 1. The Labute approximate surface area is 127 Å². The maximum Gasteiger partial charge on any atom is 0.343 e. The van der Waals surface area contributed by atoms with E-state index in [9.17, 15) is 9.59 Å². The first-order valence-corrected chi connectivity index (χ1v) is 7.77. The topological polar surface area (TPSA) is 107 Å². The molecule has 0 aliphatic heterocycles. The Morgan fingerprint density at radius 3 is 2.90 bits per heavy atom. The highest BCUT2D eigenvalue weighted by Gasteiger charge is 2.21. The van der Waals surface area contributed by atoms with Gasteiger partial charge in [-0.1, -0.05) is 11.8 Å². The van der Waals surface area contributed by atoms with Crippen molar-refractivity contribution >= 4 is 29.5 Å². The lowest BCUT2D eigenvalue weighted by atomic mass is 10.3. The second-order valence-electron chi connectivity index (χ2n) is 4.71. The number of esters is 1. The van der Waals surface area contributed by atoms with Crippen molar-refractivity contribution in [1.82, 2.24) is 15.3 Å². The number of hydrogen-bond acceptors (Lipinski definition) is 7. The second-order valence-corrected chi connectivity index (χ2v) is 5.65. The van der Waals surface area contributed by atoms with Crippen LogP contribution in [0, 0.1) is 5.92 Å². The van der Waals surface area contributed by atoms with Gasteiger partial charge < -0.3 is 15.8 Å². The molecule has 0 radical (unpaired) electrons. The number of amides is 1. The van der Waals surface area contributed by atoms with Crippen molar-refractivity contribution in [2.24, 2.45) is 5.92 Å². The molecule has 1 aliphatic rings. The van der Waals surface area contributed by atoms with E-state index in [-0.39, 0.29) is 29.6 Å². The fourth-order valence-corrected chi connectivity index (χ4v) is 2.23. The third kappa shape index (κ3) is 4.89. The summed E-state index contributed by atoms with van der Waals surface area (Å²) in [7, 11) is 0. The lowest BCUT2D eigenvalue weighted by Gasteiger charge is -2.06. The highest BCUT2D eigenvalue weighted by Crippen LogP contribution is 2.27. The molecule has 0 atom stereocenters. The number of nitrogen functional groups attached to an aromatic ring is 1. The SMILES string of the molecule is CCOC(=O)c1cnc(SCC(=O)NCC2CC2)nc1N. The van der Waals surface area contributed by atoms with Gasteiger partial charge in [-0.2, -0.15) is 0 Å². The normalized spacial score (nSPS) is 13.8. The van der Waals surface area contributed by atoms with Gasteiger partial charge in [0.25, 0.3) is 0 Å². The molecule has 7 nitrogen and oxygen atoms in total. The quantitative estimate of drug-likeness (QED) is 0.437. The lowest BCUT2D eigenvalue weighted by Crippen LogP contribution is -2.27. The van der Waals surface area contributed by atoms with Crippen molar-refractivity contribution in [2.45, 2.75) is 24.9 Å². The molecule has 0 unspecified atom stereocenters. The summed E-state index contributed by atoms with van der Waals surface area (Å²) in [5.41, 5.74) is 5.84. The van der Waals surface area contributed by atoms with Crippen LogP contribution in [0.15, 0.2) is 11.4 Å². The Balaban J connectivity index is 1.84. The highest BCUT2D eigenvalue weighted by atomic mass is 32.2. The van der Waals surface area contributed by atoms with E-state index in [2.05, 4.69) is 15.3 Å². The summed E-state index contributed by atoms with van der Waals surface area (Å²) in [5.74, 6) is 0.335. The van der Waals surface area contributed by atoms with Crippen LogP contribution < -0.4 is 11.1 Å². The Bertz CT molecular complexity index is 534. The molecule has 1 aromatic heterocycles. The zero-order valence-corrected chi connectivity index (χ0v) is 12.6. The average molecular weight is 310 g/mol. The molecule has 0 saturated heterocycles. The van der Waals surface area contributed by atoms with Gasteiger partial charge >= 0.3 is 5.97 Å². The van der Waals surface area contributed by atoms with Gasteiger partial charge in [0.2, 0.25) is 5.91 Å². The molecule has 1 aromatic rings. The van der Waals surface area contributed by atoms with Crippen LogP contribution in [0.1, 0.15) is 30.1 Å². The van der Waals surface area contributed by atoms with Gasteiger partial charge in [-0.25, -0.2) is 14.8 Å². The van der Waals surface area contributed by atoms with E-state index in [1.54, 1.807) is 6.92 Å². The zero-order valence-electron chi connectivity index (χ0n) is 11.8. The number of ether oxygens (including phenoxy) is 1. The van der Waals surface area contributed by atoms with Crippen LogP contribution in [0.4, 0.5) is 5.82 Å². The number of aromatic nitrogens is 2. The highest BCUT2D eigenvalue weighted by molar-refractivity contribution is 7.99. The molecule has 1 amide bonds. The summed E-state index contributed by atoms with van der Waals surface area (Å²) in [5, 5.41) is 3.22. The van der Waals surface area contributed by atoms with E-state index >= 15 is 0 Å². The van der Waals surface area contributed by atoms with Crippen molar-refractivity contribution < 1.29 is 14.3 Å². The molecule has 1 fully saturated rings. The van der Waals surface area contributed by atoms with E-state index in [1.807, 2.05) is 0 Å². The van der Waals surface area contributed by atoms with Gasteiger partial charge in [0, 0.05) is 12.7 Å². The van der Waals surface area contributed by atoms with Gasteiger partial charge in [0.15, 0.2) is 5.16 Å². The minimum Gasteiger partial charge on any atom is -0.462 e. The number of carbonyl (C=O) groups is 2. The molecular formula is C13H18N4O3S. The van der Waals surface area contributed by atoms with Crippen molar-refractivity contribution in [2.75, 3.05) is 24.6 Å². The molecule has 114 valence electrons. The van der Waals surface area contributed by atoms with E-state index in [0.717, 1.165) is 6.54 Å². The number of nitrogens with zero attached hydrogens (tertiary/aromatic N) is 2. The molecule has 1 saturated carbocycles. The Morgan fingerprint density at radius 2 is 2.29 bits per heavy atom. The van der Waals surface area contributed by atoms with Gasteiger partial charge in [-0.3, -0.25) is 4.79 Å². The number of carbonyl (C=O) groups excluding carboxylic acids is 2. The summed E-state index contributed by atoms with van der Waals surface area (Å²) in [4.78, 5) is 31.2. The molecule has 0 aromatic carbocycles. The zero-order chi connectivity index (χ0) is 15.2. The number of rotatable bonds is 7. The largest absolute Gasteiger partial charge is 0.462 e. The first-order valence-electron chi connectivity index (χ1n) is 6.79. The fraction of sp³-hybridized carbons (Fsp3) is 0.538. The van der Waals surface area contributed by atoms with Crippen LogP contribution in [-0.2, 0) is 9.53 Å². The Hall–Kier alpha value is -1.83. The van der Waals surface area contributed by atoms with Crippen LogP contribution in [0.3, 0.4) is 0 Å². The molecule has 21 heavy (non-hydrogen) atoms. The maximum absolute atomic E-state index is 11.6. The van der Waals surface area contributed by atoms with E-state index in [4.69, 9.17) is 10.5 Å². The Morgan fingerprint density at radius 1 is 1.52 bits per heavy atom. The van der Waals surface area contributed by atoms with E-state index < -0.39 is 5.97 Å². The molecule has 8 heteroatoms. The molecule has 1 aliphatic carbocycles. The van der Waals surface area contributed by atoms with Crippen LogP contribution >= 0.6 is 11.8 Å². The molecule has 2 rings (SSSR count). The van der Waals surface area contributed by atoms with Crippen molar-refractivity contribution in [3.05, 3.63) is 11.8 Å². The summed E-state index contributed by atoms with van der Waals surface area (Å²) >= 11 is 1.18. The average Bonchev–Trinajstić information content (AvgIpc) is 3.27. The van der Waals surface area contributed by atoms with Crippen LogP contribution in [0.5, 0.6) is 0 Å². The fourth-order valence-electron chi connectivity index (χ4n) is 1.57. The van der Waals surface area contributed by atoms with Gasteiger partial charge in [-0.15, -0.1) is 0 Å². The third-order valence-electron chi connectivity index (χ3n) is 2.91. The first-order chi connectivity index (χ1) is 10.1.